The first-order chi connectivity index (χ1) is 11.9. The molecule has 2 aromatic carbocycles. The first-order valence-electron chi connectivity index (χ1n) is 7.80. The number of hydrazone groups is 1. The van der Waals surface area contributed by atoms with Gasteiger partial charge < -0.3 is 14.4 Å². The molecule has 0 aromatic heterocycles. The smallest absolute Gasteiger partial charge is 0.271 e. The molecule has 2 rings (SSSR count). The van der Waals surface area contributed by atoms with Gasteiger partial charge in [0, 0.05) is 31.4 Å². The Morgan fingerprint density at radius 2 is 1.52 bits per heavy atom. The van der Waals surface area contributed by atoms with Crippen molar-refractivity contribution in [2.24, 2.45) is 5.10 Å². The van der Waals surface area contributed by atoms with Gasteiger partial charge in [-0.05, 0) is 36.8 Å². The SMILES string of the molecule is COc1cc(OC)cc(C(=O)N/N=C(/C)c2ccc(N(C)C)cc2)c1. The molecule has 25 heavy (non-hydrogen) atoms. The molecule has 1 amide bonds. The van der Waals surface area contributed by atoms with Crippen molar-refractivity contribution in [3.63, 3.8) is 0 Å². The lowest BCUT2D eigenvalue weighted by Gasteiger charge is -2.12. The first kappa shape index (κ1) is 18.3. The number of carbonyl (C=O) groups is 1. The lowest BCUT2D eigenvalue weighted by Crippen LogP contribution is -2.19. The molecule has 0 bridgehead atoms. The summed E-state index contributed by atoms with van der Waals surface area (Å²) in [5.74, 6) is 0.760. The van der Waals surface area contributed by atoms with E-state index in [1.165, 1.54) is 14.2 Å². The van der Waals surface area contributed by atoms with Crippen LogP contribution in [0.3, 0.4) is 0 Å². The fraction of sp³-hybridized carbons (Fsp3) is 0.263. The standard InChI is InChI=1S/C19H23N3O3/c1-13(14-6-8-16(9-7-14)22(2)3)20-21-19(23)15-10-17(24-4)12-18(11-15)25-5/h6-12H,1-5H3,(H,21,23)/b20-13-. The minimum Gasteiger partial charge on any atom is -0.497 e. The molecule has 6 heteroatoms. The zero-order chi connectivity index (χ0) is 18.4. The summed E-state index contributed by atoms with van der Waals surface area (Å²) in [4.78, 5) is 14.3. The van der Waals surface area contributed by atoms with E-state index in [0.29, 0.717) is 22.8 Å². The fourth-order valence-electron chi connectivity index (χ4n) is 2.20. The Bertz CT molecular complexity index is 746. The van der Waals surface area contributed by atoms with Crippen molar-refractivity contribution < 1.29 is 14.3 Å². The monoisotopic (exact) mass is 341 g/mol. The van der Waals surface area contributed by atoms with Crippen molar-refractivity contribution in [3.05, 3.63) is 53.6 Å². The molecule has 6 nitrogen and oxygen atoms in total. The number of hydrogen-bond acceptors (Lipinski definition) is 5. The molecule has 0 aliphatic heterocycles. The van der Waals surface area contributed by atoms with Crippen LogP contribution in [0.4, 0.5) is 5.69 Å². The molecular weight excluding hydrogens is 318 g/mol. The highest BCUT2D eigenvalue weighted by Crippen LogP contribution is 2.22. The summed E-state index contributed by atoms with van der Waals surface area (Å²) in [6.45, 7) is 1.84. The number of amides is 1. The lowest BCUT2D eigenvalue weighted by molar-refractivity contribution is 0.0954. The molecule has 2 aromatic rings. The molecule has 0 aliphatic rings. The molecule has 0 fully saturated rings. The average molecular weight is 341 g/mol. The number of hydrogen-bond donors (Lipinski definition) is 1. The third-order valence-corrected chi connectivity index (χ3v) is 3.74. The number of nitrogens with one attached hydrogen (secondary N) is 1. The van der Waals surface area contributed by atoms with Crippen molar-refractivity contribution in [1.82, 2.24) is 5.43 Å². The van der Waals surface area contributed by atoms with Crippen LogP contribution < -0.4 is 19.8 Å². The van der Waals surface area contributed by atoms with Crippen LogP contribution in [-0.4, -0.2) is 39.9 Å². The average Bonchev–Trinajstić information content (AvgIpc) is 2.65. The van der Waals surface area contributed by atoms with Crippen LogP contribution in [0.25, 0.3) is 0 Å². The first-order valence-corrected chi connectivity index (χ1v) is 7.80. The van der Waals surface area contributed by atoms with Gasteiger partial charge in [-0.1, -0.05) is 12.1 Å². The van der Waals surface area contributed by atoms with E-state index in [-0.39, 0.29) is 5.91 Å². The van der Waals surface area contributed by atoms with Gasteiger partial charge in [0.05, 0.1) is 19.9 Å². The molecule has 0 heterocycles. The zero-order valence-electron chi connectivity index (χ0n) is 15.2. The molecule has 1 N–H and O–H groups in total. The predicted molar refractivity (Wildman–Crippen MR) is 100.0 cm³/mol. The number of carbonyl (C=O) groups excluding carboxylic acids is 1. The number of benzene rings is 2. The Labute approximate surface area is 148 Å². The van der Waals surface area contributed by atoms with E-state index in [9.17, 15) is 4.79 Å². The second-order valence-corrected chi connectivity index (χ2v) is 5.68. The number of rotatable bonds is 6. The maximum absolute atomic E-state index is 12.3. The highest BCUT2D eigenvalue weighted by molar-refractivity contribution is 6.01. The van der Waals surface area contributed by atoms with Crippen LogP contribution in [-0.2, 0) is 0 Å². The molecule has 0 aliphatic carbocycles. The highest BCUT2D eigenvalue weighted by atomic mass is 16.5. The number of anilines is 1. The number of methoxy groups -OCH3 is 2. The van der Waals surface area contributed by atoms with E-state index in [2.05, 4.69) is 10.5 Å². The van der Waals surface area contributed by atoms with Gasteiger partial charge in [0.15, 0.2) is 0 Å². The summed E-state index contributed by atoms with van der Waals surface area (Å²) in [5.41, 5.74) is 5.73. The quantitative estimate of drug-likeness (QED) is 0.648. The third kappa shape index (κ3) is 4.73. The molecular formula is C19H23N3O3. The predicted octanol–water partition coefficient (Wildman–Crippen LogP) is 2.92. The Kier molecular flexibility index (Phi) is 6.00. The summed E-state index contributed by atoms with van der Waals surface area (Å²) in [6.07, 6.45) is 0. The van der Waals surface area contributed by atoms with Gasteiger partial charge >= 0.3 is 0 Å². The van der Waals surface area contributed by atoms with Gasteiger partial charge in [-0.3, -0.25) is 4.79 Å². The molecule has 132 valence electrons. The van der Waals surface area contributed by atoms with Gasteiger partial charge in [0.1, 0.15) is 11.5 Å². The minimum atomic E-state index is -0.332. The van der Waals surface area contributed by atoms with E-state index >= 15 is 0 Å². The summed E-state index contributed by atoms with van der Waals surface area (Å²) in [6, 6.07) is 12.9. The molecule has 0 saturated carbocycles. The van der Waals surface area contributed by atoms with Crippen LogP contribution in [0, 0.1) is 0 Å². The molecule has 0 atom stereocenters. The second kappa shape index (κ2) is 8.19. The van der Waals surface area contributed by atoms with Crippen LogP contribution >= 0.6 is 0 Å². The number of ether oxygens (including phenoxy) is 2. The molecule has 0 unspecified atom stereocenters. The van der Waals surface area contributed by atoms with Crippen LogP contribution in [0.15, 0.2) is 47.6 Å². The van der Waals surface area contributed by atoms with E-state index in [4.69, 9.17) is 9.47 Å². The van der Waals surface area contributed by atoms with E-state index in [1.54, 1.807) is 18.2 Å². The van der Waals surface area contributed by atoms with Crippen LogP contribution in [0.1, 0.15) is 22.8 Å². The van der Waals surface area contributed by atoms with Crippen molar-refractivity contribution in [1.29, 1.82) is 0 Å². The normalized spacial score (nSPS) is 11.0. The Morgan fingerprint density at radius 1 is 0.960 bits per heavy atom. The highest BCUT2D eigenvalue weighted by Gasteiger charge is 2.09. The summed E-state index contributed by atoms with van der Waals surface area (Å²) < 4.78 is 10.3. The Balaban J connectivity index is 2.13. The van der Waals surface area contributed by atoms with Crippen LogP contribution in [0.2, 0.25) is 0 Å². The second-order valence-electron chi connectivity index (χ2n) is 5.68. The van der Waals surface area contributed by atoms with Gasteiger partial charge in [0.2, 0.25) is 0 Å². The van der Waals surface area contributed by atoms with Crippen molar-refractivity contribution >= 4 is 17.3 Å². The third-order valence-electron chi connectivity index (χ3n) is 3.74. The molecule has 0 spiro atoms. The zero-order valence-corrected chi connectivity index (χ0v) is 15.2. The van der Waals surface area contributed by atoms with Gasteiger partial charge in [-0.2, -0.15) is 5.10 Å². The largest absolute Gasteiger partial charge is 0.497 e. The Morgan fingerprint density at radius 3 is 2.00 bits per heavy atom. The van der Waals surface area contributed by atoms with Gasteiger partial charge in [0.25, 0.3) is 5.91 Å². The summed E-state index contributed by atoms with van der Waals surface area (Å²) in [5, 5.41) is 4.18. The van der Waals surface area contributed by atoms with Crippen molar-refractivity contribution in [2.45, 2.75) is 6.92 Å². The summed E-state index contributed by atoms with van der Waals surface area (Å²) >= 11 is 0. The van der Waals surface area contributed by atoms with Gasteiger partial charge in [-0.25, -0.2) is 5.43 Å². The number of nitrogens with zero attached hydrogens (tertiary/aromatic N) is 2. The van der Waals surface area contributed by atoms with Crippen LogP contribution in [0.5, 0.6) is 11.5 Å². The van der Waals surface area contributed by atoms with E-state index in [1.807, 2.05) is 50.2 Å². The topological polar surface area (TPSA) is 63.2 Å². The molecule has 0 saturated heterocycles. The minimum absolute atomic E-state index is 0.332. The fourth-order valence-corrected chi connectivity index (χ4v) is 2.20. The molecule has 0 radical (unpaired) electrons. The lowest BCUT2D eigenvalue weighted by atomic mass is 10.1. The maximum atomic E-state index is 12.3. The Hall–Kier alpha value is -3.02. The van der Waals surface area contributed by atoms with E-state index < -0.39 is 0 Å². The maximum Gasteiger partial charge on any atom is 0.271 e. The summed E-state index contributed by atoms with van der Waals surface area (Å²) in [7, 11) is 7.05. The van der Waals surface area contributed by atoms with Crippen molar-refractivity contribution in [3.8, 4) is 11.5 Å². The van der Waals surface area contributed by atoms with Gasteiger partial charge in [-0.15, -0.1) is 0 Å². The van der Waals surface area contributed by atoms with Crippen molar-refractivity contribution in [2.75, 3.05) is 33.2 Å². The van der Waals surface area contributed by atoms with E-state index in [0.717, 1.165) is 11.3 Å².